The highest BCUT2D eigenvalue weighted by Crippen LogP contribution is 2.22. The van der Waals surface area contributed by atoms with Crippen LogP contribution in [0.4, 0.5) is 17.2 Å². The Balaban J connectivity index is 1.59. The molecule has 0 bridgehead atoms. The van der Waals surface area contributed by atoms with E-state index in [-0.39, 0.29) is 11.8 Å². The van der Waals surface area contributed by atoms with E-state index in [9.17, 15) is 4.79 Å². The normalized spacial score (nSPS) is 14.9. The van der Waals surface area contributed by atoms with Gasteiger partial charge in [0.15, 0.2) is 0 Å². The van der Waals surface area contributed by atoms with Gasteiger partial charge in [-0.05, 0) is 37.1 Å². The molecule has 6 heteroatoms. The summed E-state index contributed by atoms with van der Waals surface area (Å²) < 4.78 is 10.5. The van der Waals surface area contributed by atoms with Crippen molar-refractivity contribution in [3.05, 3.63) is 42.6 Å². The first kappa shape index (κ1) is 16.3. The molecule has 1 aromatic carbocycles. The van der Waals surface area contributed by atoms with Gasteiger partial charge in [-0.2, -0.15) is 0 Å². The molecule has 24 heavy (non-hydrogen) atoms. The van der Waals surface area contributed by atoms with Crippen molar-refractivity contribution in [1.82, 2.24) is 4.98 Å². The van der Waals surface area contributed by atoms with Gasteiger partial charge >= 0.3 is 0 Å². The molecule has 1 aromatic heterocycles. The van der Waals surface area contributed by atoms with Crippen molar-refractivity contribution >= 4 is 23.1 Å². The number of pyridine rings is 1. The van der Waals surface area contributed by atoms with Gasteiger partial charge in [0.25, 0.3) is 0 Å². The van der Waals surface area contributed by atoms with Gasteiger partial charge in [0.1, 0.15) is 11.6 Å². The summed E-state index contributed by atoms with van der Waals surface area (Å²) in [5, 5.41) is 6.12. The molecular weight excluding hydrogens is 306 g/mol. The van der Waals surface area contributed by atoms with Crippen molar-refractivity contribution < 1.29 is 14.3 Å². The number of nitrogens with one attached hydrogen (secondary N) is 2. The predicted octanol–water partition coefficient (Wildman–Crippen LogP) is 3.20. The molecule has 1 aliphatic heterocycles. The number of amides is 1. The van der Waals surface area contributed by atoms with Gasteiger partial charge < -0.3 is 20.1 Å². The van der Waals surface area contributed by atoms with Crippen LogP contribution < -0.4 is 15.4 Å². The van der Waals surface area contributed by atoms with Crippen LogP contribution in [-0.4, -0.2) is 31.2 Å². The molecule has 0 atom stereocenters. The molecule has 3 rings (SSSR count). The highest BCUT2D eigenvalue weighted by Gasteiger charge is 2.21. The molecule has 0 saturated carbocycles. The Hall–Kier alpha value is -2.60. The van der Waals surface area contributed by atoms with Crippen LogP contribution in [0.1, 0.15) is 12.8 Å². The van der Waals surface area contributed by atoms with E-state index in [0.29, 0.717) is 19.0 Å². The van der Waals surface area contributed by atoms with Gasteiger partial charge in [-0.1, -0.05) is 6.07 Å². The second-order valence-corrected chi connectivity index (χ2v) is 5.66. The fourth-order valence-corrected chi connectivity index (χ4v) is 2.60. The van der Waals surface area contributed by atoms with Crippen LogP contribution in [-0.2, 0) is 9.53 Å². The van der Waals surface area contributed by atoms with Crippen LogP contribution in [0.5, 0.6) is 5.75 Å². The molecule has 6 nitrogen and oxygen atoms in total. The van der Waals surface area contributed by atoms with E-state index < -0.39 is 0 Å². The lowest BCUT2D eigenvalue weighted by Crippen LogP contribution is -2.28. The minimum atomic E-state index is 0.00938. The van der Waals surface area contributed by atoms with Crippen LogP contribution in [0.3, 0.4) is 0 Å². The Labute approximate surface area is 141 Å². The van der Waals surface area contributed by atoms with E-state index in [4.69, 9.17) is 9.47 Å². The SMILES string of the molecule is COc1cccc(Nc2ccc(NC(=O)C3CCOCC3)nc2)c1. The van der Waals surface area contributed by atoms with E-state index in [2.05, 4.69) is 15.6 Å². The molecule has 1 fully saturated rings. The summed E-state index contributed by atoms with van der Waals surface area (Å²) in [6, 6.07) is 11.3. The molecule has 126 valence electrons. The van der Waals surface area contributed by atoms with Crippen molar-refractivity contribution in [3.8, 4) is 5.75 Å². The summed E-state index contributed by atoms with van der Waals surface area (Å²) in [6.45, 7) is 1.30. The number of carbonyl (C=O) groups is 1. The second-order valence-electron chi connectivity index (χ2n) is 5.66. The third-order valence-electron chi connectivity index (χ3n) is 3.97. The average Bonchev–Trinajstić information content (AvgIpc) is 2.64. The van der Waals surface area contributed by atoms with Gasteiger partial charge in [-0.25, -0.2) is 4.98 Å². The molecule has 0 aliphatic carbocycles. The molecule has 2 heterocycles. The number of hydrogen-bond acceptors (Lipinski definition) is 5. The molecule has 0 unspecified atom stereocenters. The van der Waals surface area contributed by atoms with E-state index in [1.807, 2.05) is 30.3 Å². The zero-order chi connectivity index (χ0) is 16.8. The van der Waals surface area contributed by atoms with Gasteiger partial charge in [0.2, 0.25) is 5.91 Å². The Morgan fingerprint density at radius 3 is 2.75 bits per heavy atom. The third kappa shape index (κ3) is 4.23. The summed E-state index contributed by atoms with van der Waals surface area (Å²) in [7, 11) is 1.64. The number of benzene rings is 1. The highest BCUT2D eigenvalue weighted by molar-refractivity contribution is 5.91. The summed E-state index contributed by atoms with van der Waals surface area (Å²) >= 11 is 0. The molecule has 1 amide bonds. The maximum atomic E-state index is 12.2. The first-order valence-electron chi connectivity index (χ1n) is 8.00. The molecule has 2 N–H and O–H groups in total. The number of carbonyl (C=O) groups excluding carboxylic acids is 1. The lowest BCUT2D eigenvalue weighted by Gasteiger charge is -2.20. The van der Waals surface area contributed by atoms with E-state index in [0.717, 1.165) is 30.0 Å². The zero-order valence-corrected chi connectivity index (χ0v) is 13.6. The van der Waals surface area contributed by atoms with Crippen molar-refractivity contribution in [2.24, 2.45) is 5.92 Å². The van der Waals surface area contributed by atoms with Crippen LogP contribution in [0.2, 0.25) is 0 Å². The number of hydrogen-bond donors (Lipinski definition) is 2. The smallest absolute Gasteiger partial charge is 0.228 e. The lowest BCUT2D eigenvalue weighted by atomic mass is 9.99. The topological polar surface area (TPSA) is 72.5 Å². The Morgan fingerprint density at radius 2 is 2.04 bits per heavy atom. The van der Waals surface area contributed by atoms with Crippen LogP contribution in [0.25, 0.3) is 0 Å². The van der Waals surface area contributed by atoms with Crippen molar-refractivity contribution in [2.45, 2.75) is 12.8 Å². The molecular formula is C18H21N3O3. The molecule has 1 saturated heterocycles. The maximum absolute atomic E-state index is 12.2. The Morgan fingerprint density at radius 1 is 1.21 bits per heavy atom. The first-order chi connectivity index (χ1) is 11.7. The fraction of sp³-hybridized carbons (Fsp3) is 0.333. The van der Waals surface area contributed by atoms with E-state index >= 15 is 0 Å². The van der Waals surface area contributed by atoms with Gasteiger partial charge in [-0.15, -0.1) is 0 Å². The van der Waals surface area contributed by atoms with E-state index in [1.54, 1.807) is 19.4 Å². The minimum Gasteiger partial charge on any atom is -0.497 e. The third-order valence-corrected chi connectivity index (χ3v) is 3.97. The Kier molecular flexibility index (Phi) is 5.28. The van der Waals surface area contributed by atoms with Crippen LogP contribution in [0, 0.1) is 5.92 Å². The van der Waals surface area contributed by atoms with Gasteiger partial charge in [-0.3, -0.25) is 4.79 Å². The Bertz CT molecular complexity index is 682. The molecule has 1 aliphatic rings. The standard InChI is InChI=1S/C18H21N3O3/c1-23-16-4-2-3-14(11-16)20-15-5-6-17(19-12-15)21-18(22)13-7-9-24-10-8-13/h2-6,11-13,20H,7-10H2,1H3,(H,19,21,22). The number of anilines is 3. The number of methoxy groups -OCH3 is 1. The molecule has 0 spiro atoms. The fourth-order valence-electron chi connectivity index (χ4n) is 2.60. The predicted molar refractivity (Wildman–Crippen MR) is 92.7 cm³/mol. The monoisotopic (exact) mass is 327 g/mol. The van der Waals surface area contributed by atoms with Crippen molar-refractivity contribution in [1.29, 1.82) is 0 Å². The largest absolute Gasteiger partial charge is 0.497 e. The van der Waals surface area contributed by atoms with Crippen molar-refractivity contribution in [2.75, 3.05) is 31.0 Å². The van der Waals surface area contributed by atoms with Gasteiger partial charge in [0.05, 0.1) is 19.0 Å². The molecule has 0 radical (unpaired) electrons. The first-order valence-corrected chi connectivity index (χ1v) is 8.00. The summed E-state index contributed by atoms with van der Waals surface area (Å²) in [5.41, 5.74) is 1.75. The average molecular weight is 327 g/mol. The van der Waals surface area contributed by atoms with Crippen LogP contribution >= 0.6 is 0 Å². The molecule has 2 aromatic rings. The zero-order valence-electron chi connectivity index (χ0n) is 13.6. The minimum absolute atomic E-state index is 0.00938. The number of aromatic nitrogens is 1. The second kappa shape index (κ2) is 7.79. The van der Waals surface area contributed by atoms with E-state index in [1.165, 1.54) is 0 Å². The maximum Gasteiger partial charge on any atom is 0.228 e. The van der Waals surface area contributed by atoms with Gasteiger partial charge in [0, 0.05) is 30.9 Å². The van der Waals surface area contributed by atoms with Crippen molar-refractivity contribution in [3.63, 3.8) is 0 Å². The summed E-state index contributed by atoms with van der Waals surface area (Å²) in [5.74, 6) is 1.37. The number of rotatable bonds is 5. The highest BCUT2D eigenvalue weighted by atomic mass is 16.5. The summed E-state index contributed by atoms with van der Waals surface area (Å²) in [6.07, 6.45) is 3.22. The number of ether oxygens (including phenoxy) is 2. The lowest BCUT2D eigenvalue weighted by molar-refractivity contribution is -0.122. The van der Waals surface area contributed by atoms with Crippen LogP contribution in [0.15, 0.2) is 42.6 Å². The summed E-state index contributed by atoms with van der Waals surface area (Å²) in [4.78, 5) is 16.5. The quantitative estimate of drug-likeness (QED) is 0.882. The number of nitrogens with zero attached hydrogens (tertiary/aromatic N) is 1.